The minimum Gasteiger partial charge on any atom is -0.368 e. The lowest BCUT2D eigenvalue weighted by Crippen LogP contribution is -2.47. The fraction of sp³-hybridized carbons (Fsp3) is 0.375. The highest BCUT2D eigenvalue weighted by molar-refractivity contribution is 7.17. The van der Waals surface area contributed by atoms with Crippen LogP contribution in [0.4, 0.5) is 11.4 Å². The minimum absolute atomic E-state index is 0.146. The van der Waals surface area contributed by atoms with Crippen molar-refractivity contribution in [3.8, 4) is 0 Å². The summed E-state index contributed by atoms with van der Waals surface area (Å²) in [6, 6.07) is 15.5. The molecular weight excluding hydrogens is 378 g/mol. The van der Waals surface area contributed by atoms with Crippen LogP contribution in [0.5, 0.6) is 0 Å². The first kappa shape index (κ1) is 18.6. The van der Waals surface area contributed by atoms with Crippen LogP contribution in [0.15, 0.2) is 47.8 Å². The molecule has 3 aromatic rings. The Kier molecular flexibility index (Phi) is 5.25. The number of benzene rings is 2. The normalized spacial score (nSPS) is 17.8. The van der Waals surface area contributed by atoms with Gasteiger partial charge in [0.05, 0.1) is 0 Å². The maximum Gasteiger partial charge on any atom is 0.224 e. The molecule has 5 rings (SSSR count). The van der Waals surface area contributed by atoms with Gasteiger partial charge in [-0.15, -0.1) is 11.3 Å². The Hall–Kier alpha value is -2.37. The predicted molar refractivity (Wildman–Crippen MR) is 122 cm³/mol. The van der Waals surface area contributed by atoms with E-state index in [2.05, 4.69) is 63.0 Å². The Balaban J connectivity index is 1.18. The fourth-order valence-electron chi connectivity index (χ4n) is 4.54. The number of rotatable bonds is 4. The molecule has 0 aliphatic carbocycles. The van der Waals surface area contributed by atoms with Gasteiger partial charge in [-0.3, -0.25) is 9.69 Å². The van der Waals surface area contributed by atoms with Crippen LogP contribution in [0.25, 0.3) is 10.1 Å². The highest BCUT2D eigenvalue weighted by Gasteiger charge is 2.19. The second kappa shape index (κ2) is 8.17. The van der Waals surface area contributed by atoms with Crippen LogP contribution in [0.2, 0.25) is 0 Å². The molecule has 3 heterocycles. The van der Waals surface area contributed by atoms with Crippen molar-refractivity contribution in [3.05, 3.63) is 59.0 Å². The first-order valence-electron chi connectivity index (χ1n) is 10.6. The summed E-state index contributed by atoms with van der Waals surface area (Å²) < 4.78 is 1.38. The molecule has 4 nitrogen and oxygen atoms in total. The van der Waals surface area contributed by atoms with E-state index in [9.17, 15) is 4.79 Å². The number of aryl methyl sites for hydroxylation is 1. The molecule has 1 saturated heterocycles. The first-order valence-corrected chi connectivity index (χ1v) is 11.5. The lowest BCUT2D eigenvalue weighted by molar-refractivity contribution is -0.116. The highest BCUT2D eigenvalue weighted by atomic mass is 32.1. The van der Waals surface area contributed by atoms with Crippen LogP contribution < -0.4 is 10.2 Å². The van der Waals surface area contributed by atoms with Gasteiger partial charge < -0.3 is 10.2 Å². The van der Waals surface area contributed by atoms with Crippen LogP contribution in [-0.2, 0) is 17.6 Å². The molecule has 1 fully saturated rings. The van der Waals surface area contributed by atoms with Gasteiger partial charge in [0.1, 0.15) is 0 Å². The maximum atomic E-state index is 11.7. The van der Waals surface area contributed by atoms with Crippen molar-refractivity contribution >= 4 is 38.7 Å². The molecule has 1 aromatic heterocycles. The Morgan fingerprint density at radius 1 is 1.00 bits per heavy atom. The number of carbonyl (C=O) groups is 1. The first-order chi connectivity index (χ1) is 14.3. The number of thiophene rings is 1. The Morgan fingerprint density at radius 3 is 2.79 bits per heavy atom. The smallest absolute Gasteiger partial charge is 0.224 e. The van der Waals surface area contributed by atoms with E-state index in [1.54, 1.807) is 0 Å². The zero-order chi connectivity index (χ0) is 19.6. The van der Waals surface area contributed by atoms with Gasteiger partial charge in [0.25, 0.3) is 0 Å². The number of hydrogen-bond donors (Lipinski definition) is 1. The van der Waals surface area contributed by atoms with Crippen molar-refractivity contribution in [1.29, 1.82) is 0 Å². The van der Waals surface area contributed by atoms with Crippen LogP contribution in [0.3, 0.4) is 0 Å². The molecule has 1 amide bonds. The average molecular weight is 406 g/mol. The Morgan fingerprint density at radius 2 is 1.90 bits per heavy atom. The third-order valence-electron chi connectivity index (χ3n) is 6.20. The van der Waals surface area contributed by atoms with Crippen LogP contribution in [0.1, 0.15) is 24.0 Å². The molecule has 0 saturated carbocycles. The monoisotopic (exact) mass is 405 g/mol. The number of fused-ring (bicyclic) bond motifs is 2. The minimum atomic E-state index is 0.146. The number of nitrogens with zero attached hydrogens (tertiary/aromatic N) is 2. The van der Waals surface area contributed by atoms with E-state index in [0.717, 1.165) is 57.7 Å². The number of amides is 1. The van der Waals surface area contributed by atoms with Crippen molar-refractivity contribution < 1.29 is 4.79 Å². The summed E-state index contributed by atoms with van der Waals surface area (Å²) in [5, 5.41) is 6.61. The number of anilines is 2. The number of carbonyl (C=O) groups excluding carboxylic acids is 1. The molecule has 0 bridgehead atoms. The largest absolute Gasteiger partial charge is 0.368 e. The Labute approximate surface area is 176 Å². The second-order valence-corrected chi connectivity index (χ2v) is 9.03. The third-order valence-corrected chi connectivity index (χ3v) is 7.08. The number of piperazine rings is 1. The molecule has 0 spiro atoms. The van der Waals surface area contributed by atoms with Crippen LogP contribution >= 0.6 is 11.3 Å². The van der Waals surface area contributed by atoms with Crippen LogP contribution in [-0.4, -0.2) is 43.5 Å². The zero-order valence-electron chi connectivity index (χ0n) is 16.7. The quantitative estimate of drug-likeness (QED) is 0.692. The topological polar surface area (TPSA) is 35.6 Å². The van der Waals surface area contributed by atoms with E-state index < -0.39 is 0 Å². The van der Waals surface area contributed by atoms with Gasteiger partial charge in [0.15, 0.2) is 0 Å². The van der Waals surface area contributed by atoms with Gasteiger partial charge in [-0.25, -0.2) is 0 Å². The number of nitrogens with one attached hydrogen (secondary N) is 1. The van der Waals surface area contributed by atoms with Gasteiger partial charge in [0, 0.05) is 60.6 Å². The van der Waals surface area contributed by atoms with Gasteiger partial charge in [-0.2, -0.15) is 0 Å². The summed E-state index contributed by atoms with van der Waals surface area (Å²) in [4.78, 5) is 16.8. The standard InChI is InChI=1S/C24H27N3OS/c28-24-6-1-3-19-17-18(7-8-21(19)25-24)9-11-26-12-14-27(15-13-26)22-4-2-5-23-20(22)10-16-29-23/h2,4-5,7-8,10,16-17H,1,3,6,9,11-15H2,(H,25,28). The van der Waals surface area contributed by atoms with Gasteiger partial charge >= 0.3 is 0 Å². The molecule has 5 heteroatoms. The molecule has 2 aliphatic heterocycles. The van der Waals surface area contributed by atoms with E-state index in [1.165, 1.54) is 26.9 Å². The van der Waals surface area contributed by atoms with E-state index in [-0.39, 0.29) is 5.91 Å². The van der Waals surface area contributed by atoms with Crippen molar-refractivity contribution in [2.45, 2.75) is 25.7 Å². The Bertz CT molecular complexity index is 1020. The lowest BCUT2D eigenvalue weighted by atomic mass is 10.0. The van der Waals surface area contributed by atoms with Crippen molar-refractivity contribution in [2.24, 2.45) is 0 Å². The molecule has 1 N–H and O–H groups in total. The van der Waals surface area contributed by atoms with Crippen molar-refractivity contribution in [3.63, 3.8) is 0 Å². The molecular formula is C24H27N3OS. The van der Waals surface area contributed by atoms with Gasteiger partial charge in [0.2, 0.25) is 5.91 Å². The van der Waals surface area contributed by atoms with Crippen molar-refractivity contribution in [1.82, 2.24) is 4.90 Å². The molecule has 2 aromatic carbocycles. The third kappa shape index (κ3) is 4.02. The zero-order valence-corrected chi connectivity index (χ0v) is 17.5. The fourth-order valence-corrected chi connectivity index (χ4v) is 5.34. The van der Waals surface area contributed by atoms with E-state index in [1.807, 2.05) is 11.3 Å². The summed E-state index contributed by atoms with van der Waals surface area (Å²) in [5.41, 5.74) is 5.07. The number of hydrogen-bond acceptors (Lipinski definition) is 4. The van der Waals surface area contributed by atoms with E-state index >= 15 is 0 Å². The molecule has 2 aliphatic rings. The molecule has 29 heavy (non-hydrogen) atoms. The summed E-state index contributed by atoms with van der Waals surface area (Å²) in [6.45, 7) is 5.50. The van der Waals surface area contributed by atoms with E-state index in [0.29, 0.717) is 6.42 Å². The van der Waals surface area contributed by atoms with Crippen molar-refractivity contribution in [2.75, 3.05) is 42.9 Å². The lowest BCUT2D eigenvalue weighted by Gasteiger charge is -2.36. The molecule has 150 valence electrons. The molecule has 0 atom stereocenters. The van der Waals surface area contributed by atoms with Gasteiger partial charge in [-0.05, 0) is 60.0 Å². The summed E-state index contributed by atoms with van der Waals surface area (Å²) in [7, 11) is 0. The molecule has 0 unspecified atom stereocenters. The average Bonchev–Trinajstić information content (AvgIpc) is 3.15. The SMILES string of the molecule is O=C1CCCc2cc(CCN3CCN(c4cccc5sccc45)CC3)ccc2N1. The van der Waals surface area contributed by atoms with E-state index in [4.69, 9.17) is 0 Å². The van der Waals surface area contributed by atoms with Crippen LogP contribution in [0, 0.1) is 0 Å². The predicted octanol–water partition coefficient (Wildman–Crippen LogP) is 4.54. The maximum absolute atomic E-state index is 11.7. The summed E-state index contributed by atoms with van der Waals surface area (Å²) in [5.74, 6) is 0.146. The summed E-state index contributed by atoms with van der Waals surface area (Å²) in [6.07, 6.45) is 3.64. The molecule has 0 radical (unpaired) electrons. The highest BCUT2D eigenvalue weighted by Crippen LogP contribution is 2.31. The second-order valence-electron chi connectivity index (χ2n) is 8.08. The summed E-state index contributed by atoms with van der Waals surface area (Å²) >= 11 is 1.82. The van der Waals surface area contributed by atoms with Gasteiger partial charge in [-0.1, -0.05) is 18.2 Å².